The number of benzene rings is 4. The number of oxime groups is 2. The fourth-order valence-corrected chi connectivity index (χ4v) is 14.0. The van der Waals surface area contributed by atoms with Crippen molar-refractivity contribution in [1.29, 1.82) is 0 Å². The van der Waals surface area contributed by atoms with Gasteiger partial charge in [0.05, 0.1) is 63.8 Å². The molecule has 0 radical (unpaired) electrons. The second kappa shape index (κ2) is 24.3. The maximum absolute atomic E-state index is 13.3. The highest BCUT2D eigenvalue weighted by Gasteiger charge is 2.50. The van der Waals surface area contributed by atoms with Crippen molar-refractivity contribution in [3.63, 3.8) is 0 Å². The van der Waals surface area contributed by atoms with Crippen LogP contribution in [0.5, 0.6) is 0 Å². The standard InChI is InChI=1S/C31H27BCl3N3O4.C19H13Cl3N2O3.C12H16BNO2.ClH/c1-30(19-14-23(33)28(35)24(34)15-19)16-25(37-42-30)20-7-9-27(38-12-4-5-26(20)38)29(39)36-17-18-6-8-21-22(13-18)32(40)41-31(21)10-2-3-11-31;1-19(10-7-12(20)17(22)13(21)8-10)9-14(23-27-19)11-4-5-16(18(25)26)24-6-2-3-15(11)24;14-8-9-3-4-10-11(7-9)13(15)16-12(10)5-1-2-6-12;/h4-9,12-15,40H,2-3,10-11,16-17H2,1H3,(H,36,39);2-8H,9H2,1H3,(H,25,26);3-4,7,15H,1-2,5-6,8,14H2;1H. The predicted molar refractivity (Wildman–Crippen MR) is 341 cm³/mol. The van der Waals surface area contributed by atoms with Gasteiger partial charge in [0.15, 0.2) is 11.2 Å². The van der Waals surface area contributed by atoms with Crippen LogP contribution in [0.25, 0.3) is 11.0 Å². The van der Waals surface area contributed by atoms with E-state index in [-0.39, 0.29) is 35.2 Å². The minimum atomic E-state index is -0.998. The molecule has 0 bridgehead atoms. The van der Waals surface area contributed by atoms with Crippen molar-refractivity contribution in [2.24, 2.45) is 16.0 Å². The highest BCUT2D eigenvalue weighted by molar-refractivity contribution is 6.62. The minimum Gasteiger partial charge on any atom is -0.477 e. The number of hydrogen-bond acceptors (Lipinski definition) is 11. The van der Waals surface area contributed by atoms with Gasteiger partial charge < -0.3 is 54.0 Å². The Labute approximate surface area is 532 Å². The van der Waals surface area contributed by atoms with E-state index in [2.05, 4.69) is 21.7 Å². The number of pyridine rings is 2. The summed E-state index contributed by atoms with van der Waals surface area (Å²) in [5.74, 6) is -1.21. The first-order valence-electron chi connectivity index (χ1n) is 27.9. The van der Waals surface area contributed by atoms with Gasteiger partial charge in [-0.25, -0.2) is 4.79 Å². The number of carboxylic acids is 1. The first kappa shape index (κ1) is 61.9. The van der Waals surface area contributed by atoms with Crippen molar-refractivity contribution in [2.75, 3.05) is 0 Å². The van der Waals surface area contributed by atoms with Crippen LogP contribution in [-0.2, 0) is 54.5 Å². The zero-order valence-electron chi connectivity index (χ0n) is 46.5. The molecule has 0 saturated heterocycles. The number of fused-ring (bicyclic) bond motifs is 6. The number of nitrogens with zero attached hydrogens (tertiary/aromatic N) is 4. The van der Waals surface area contributed by atoms with Crippen molar-refractivity contribution < 1.29 is 43.7 Å². The number of amides is 1. The predicted octanol–water partition coefficient (Wildman–Crippen LogP) is 13.0. The maximum atomic E-state index is 13.3. The molecule has 1 amide bonds. The molecule has 2 aliphatic carbocycles. The van der Waals surface area contributed by atoms with Crippen molar-refractivity contribution in [1.82, 2.24) is 14.1 Å². The average molecular weight is 1300 g/mol. The Hall–Kier alpha value is -5.76. The Balaban J connectivity index is 0.000000149. The molecule has 2 saturated carbocycles. The number of halogens is 7. The van der Waals surface area contributed by atoms with E-state index in [1.807, 2.05) is 79.0 Å². The summed E-state index contributed by atoms with van der Waals surface area (Å²) in [7, 11) is -1.70. The van der Waals surface area contributed by atoms with E-state index in [0.29, 0.717) is 67.5 Å². The molecule has 4 aliphatic heterocycles. The summed E-state index contributed by atoms with van der Waals surface area (Å²) in [6.07, 6.45) is 13.0. The maximum Gasteiger partial charge on any atom is 0.492 e. The molecule has 15 nitrogen and oxygen atoms in total. The number of nitrogens with one attached hydrogen (secondary N) is 1. The molecule has 4 aromatic carbocycles. The van der Waals surface area contributed by atoms with Crippen LogP contribution in [0.1, 0.15) is 144 Å². The fraction of sp³-hybridized carbons (Fsp3) is 0.290. The van der Waals surface area contributed by atoms with Crippen LogP contribution < -0.4 is 22.0 Å². The zero-order chi connectivity index (χ0) is 59.7. The number of aromatic nitrogens is 2. The number of carbonyl (C=O) groups excluding carboxylic acids is 1. The molecule has 2 fully saturated rings. The Morgan fingerprint density at radius 1 is 0.605 bits per heavy atom. The van der Waals surface area contributed by atoms with Gasteiger partial charge in [-0.1, -0.05) is 142 Å². The van der Waals surface area contributed by atoms with E-state index in [4.69, 9.17) is 94.3 Å². The summed E-state index contributed by atoms with van der Waals surface area (Å²) >= 11 is 37.0. The van der Waals surface area contributed by atoms with Gasteiger partial charge in [0.1, 0.15) is 11.4 Å². The molecule has 24 heteroatoms. The van der Waals surface area contributed by atoms with Gasteiger partial charge in [0, 0.05) is 60.6 Å². The molecule has 6 aliphatic rings. The molecule has 86 heavy (non-hydrogen) atoms. The molecule has 14 rings (SSSR count). The van der Waals surface area contributed by atoms with Gasteiger partial charge in [-0.15, -0.1) is 12.4 Å². The summed E-state index contributed by atoms with van der Waals surface area (Å²) < 4.78 is 15.3. The summed E-state index contributed by atoms with van der Waals surface area (Å²) in [6, 6.07) is 33.5. The topological polar surface area (TPSA) is 203 Å². The van der Waals surface area contributed by atoms with E-state index >= 15 is 0 Å². The monoisotopic (exact) mass is 1300 g/mol. The highest BCUT2D eigenvalue weighted by Crippen LogP contribution is 2.47. The van der Waals surface area contributed by atoms with E-state index in [0.717, 1.165) is 105 Å². The molecule has 6 N–H and O–H groups in total. The second-order valence-corrected chi connectivity index (χ2v) is 25.1. The quantitative estimate of drug-likeness (QED) is 0.0683. The lowest BCUT2D eigenvalue weighted by Crippen LogP contribution is -2.30. The first-order valence-corrected chi connectivity index (χ1v) is 30.2. The Kier molecular flexibility index (Phi) is 17.5. The Morgan fingerprint density at radius 3 is 1.47 bits per heavy atom. The van der Waals surface area contributed by atoms with Crippen LogP contribution in [0.2, 0.25) is 30.1 Å². The van der Waals surface area contributed by atoms with Gasteiger partial charge in [-0.2, -0.15) is 0 Å². The van der Waals surface area contributed by atoms with Gasteiger partial charge in [-0.05, 0) is 146 Å². The second-order valence-electron chi connectivity index (χ2n) is 22.8. The van der Waals surface area contributed by atoms with Crippen molar-refractivity contribution in [2.45, 2.75) is 114 Å². The number of aromatic carboxylic acids is 1. The fourth-order valence-electron chi connectivity index (χ4n) is 12.8. The summed E-state index contributed by atoms with van der Waals surface area (Å²) in [5.41, 5.74) is 16.3. The molecule has 2 atom stereocenters. The van der Waals surface area contributed by atoms with Gasteiger partial charge >= 0.3 is 20.2 Å². The van der Waals surface area contributed by atoms with Crippen LogP contribution in [0.15, 0.2) is 132 Å². The number of carbonyl (C=O) groups is 2. The lowest BCUT2D eigenvalue weighted by atomic mass is 9.77. The zero-order valence-corrected chi connectivity index (χ0v) is 51.9. The van der Waals surface area contributed by atoms with Crippen LogP contribution >= 0.6 is 82.0 Å². The number of nitrogens with two attached hydrogens (primary N) is 1. The molecule has 444 valence electrons. The third kappa shape index (κ3) is 11.3. The molecule has 4 aromatic heterocycles. The molecular formula is C62H57B2Cl7N6O9. The normalized spacial score (nSPS) is 20.2. The molecule has 2 spiro atoms. The number of carboxylic acid groups (broad SMARTS) is 1. The Morgan fingerprint density at radius 2 is 1.02 bits per heavy atom. The lowest BCUT2D eigenvalue weighted by Gasteiger charge is -2.25. The molecule has 8 aromatic rings. The summed E-state index contributed by atoms with van der Waals surface area (Å²) in [4.78, 5) is 36.4. The van der Waals surface area contributed by atoms with Gasteiger partial charge in [-0.3, -0.25) is 4.79 Å². The summed E-state index contributed by atoms with van der Waals surface area (Å²) in [6.45, 7) is 4.64. The SMILES string of the molecule is CC1(c2cc(Cl)c(Cl)c(Cl)c2)CC(c2ccc(C(=O)NCc3ccc4c(c3)B(O)OC43CCCC3)n3cccc23)=NO1.CC1(c2cc(Cl)c(Cl)c(Cl)c2)CC(c2ccc(C(=O)O)n3cccc23)=NO1.Cl.NCc1ccc2c(c1)B(O)OC21CCCC1. The van der Waals surface area contributed by atoms with Crippen LogP contribution in [0, 0.1) is 0 Å². The van der Waals surface area contributed by atoms with E-state index in [1.165, 1.54) is 18.4 Å². The first-order chi connectivity index (χ1) is 40.7. The van der Waals surface area contributed by atoms with E-state index < -0.39 is 31.4 Å². The smallest absolute Gasteiger partial charge is 0.477 e. The number of hydrogen-bond donors (Lipinski definition) is 5. The third-order valence-electron chi connectivity index (χ3n) is 17.3. The van der Waals surface area contributed by atoms with Gasteiger partial charge in [0.2, 0.25) is 0 Å². The van der Waals surface area contributed by atoms with E-state index in [1.54, 1.807) is 59.1 Å². The Bertz CT molecular complexity index is 4030. The van der Waals surface area contributed by atoms with Crippen molar-refractivity contribution in [3.8, 4) is 0 Å². The number of rotatable bonds is 9. The van der Waals surface area contributed by atoms with Crippen molar-refractivity contribution >= 4 is 142 Å². The highest BCUT2D eigenvalue weighted by atomic mass is 35.5. The largest absolute Gasteiger partial charge is 0.492 e. The van der Waals surface area contributed by atoms with Crippen LogP contribution in [0.3, 0.4) is 0 Å². The van der Waals surface area contributed by atoms with Crippen LogP contribution in [-0.4, -0.2) is 61.5 Å². The van der Waals surface area contributed by atoms with Gasteiger partial charge in [0.25, 0.3) is 5.91 Å². The molecule has 2 unspecified atom stereocenters. The van der Waals surface area contributed by atoms with Crippen molar-refractivity contribution in [3.05, 3.63) is 208 Å². The summed E-state index contributed by atoms with van der Waals surface area (Å²) in [5, 5.41) is 43.6. The molecular weight excluding hydrogens is 1240 g/mol. The van der Waals surface area contributed by atoms with E-state index in [9.17, 15) is 24.7 Å². The lowest BCUT2D eigenvalue weighted by molar-refractivity contribution is -0.00755. The third-order valence-corrected chi connectivity index (χ3v) is 19.7. The minimum absolute atomic E-state index is 0. The average Bonchev–Trinajstić information content (AvgIpc) is 2.00. The van der Waals surface area contributed by atoms with Crippen LogP contribution in [0.4, 0.5) is 0 Å². The molecule has 8 heterocycles.